The molecule has 0 spiro atoms. The molecule has 0 aromatic carbocycles. The molecule has 7 heteroatoms. The van der Waals surface area contributed by atoms with Gasteiger partial charge in [0.15, 0.2) is 11.4 Å². The Morgan fingerprint density at radius 2 is 2.16 bits per heavy atom. The number of aryl methyl sites for hydroxylation is 3. The maximum Gasteiger partial charge on any atom is 0.202 e. The van der Waals surface area contributed by atoms with Crippen LogP contribution >= 0.6 is 0 Å². The van der Waals surface area contributed by atoms with E-state index in [0.29, 0.717) is 12.5 Å². The molecular weight excluding hydrogens is 244 g/mol. The van der Waals surface area contributed by atoms with Gasteiger partial charge in [0.2, 0.25) is 5.95 Å². The molecule has 7 nitrogen and oxygen atoms in total. The minimum atomic E-state index is 0.465. The summed E-state index contributed by atoms with van der Waals surface area (Å²) in [4.78, 5) is 4.38. The van der Waals surface area contributed by atoms with Gasteiger partial charge in [0.05, 0.1) is 17.9 Å². The van der Waals surface area contributed by atoms with Gasteiger partial charge in [-0.25, -0.2) is 9.67 Å². The van der Waals surface area contributed by atoms with Crippen molar-refractivity contribution in [1.29, 1.82) is 0 Å². The summed E-state index contributed by atoms with van der Waals surface area (Å²) >= 11 is 0. The van der Waals surface area contributed by atoms with E-state index in [9.17, 15) is 0 Å². The number of nitrogens with zero attached hydrogens (tertiary/aromatic N) is 5. The lowest BCUT2D eigenvalue weighted by molar-refractivity contribution is 0.374. The van der Waals surface area contributed by atoms with Crippen LogP contribution in [0.5, 0.6) is 0 Å². The van der Waals surface area contributed by atoms with Gasteiger partial charge >= 0.3 is 0 Å². The van der Waals surface area contributed by atoms with Crippen molar-refractivity contribution in [2.45, 2.75) is 33.9 Å². The molecule has 0 unspecified atom stereocenters. The number of fused-ring (bicyclic) bond motifs is 1. The van der Waals surface area contributed by atoms with Crippen molar-refractivity contribution < 1.29 is 4.52 Å². The highest BCUT2D eigenvalue weighted by molar-refractivity contribution is 5.77. The molecule has 0 aliphatic carbocycles. The monoisotopic (exact) mass is 260 g/mol. The minimum Gasteiger partial charge on any atom is -0.369 e. The van der Waals surface area contributed by atoms with Gasteiger partial charge in [0, 0.05) is 12.6 Å². The Bertz CT molecular complexity index is 735. The topological polar surface area (TPSA) is 87.7 Å². The van der Waals surface area contributed by atoms with Gasteiger partial charge in [-0.3, -0.25) is 4.57 Å². The fourth-order valence-electron chi connectivity index (χ4n) is 2.26. The molecule has 3 heterocycles. The SMILES string of the molecule is CCn1nc(C)c2nc(N)n(Cc3cc(C)no3)c21. The number of anilines is 1. The highest BCUT2D eigenvalue weighted by Gasteiger charge is 2.17. The van der Waals surface area contributed by atoms with Crippen LogP contribution in [-0.2, 0) is 13.1 Å². The van der Waals surface area contributed by atoms with E-state index in [-0.39, 0.29) is 0 Å². The number of imidazole rings is 1. The van der Waals surface area contributed by atoms with Crippen LogP contribution in [0, 0.1) is 13.8 Å². The van der Waals surface area contributed by atoms with Crippen LogP contribution in [0.25, 0.3) is 11.2 Å². The lowest BCUT2D eigenvalue weighted by Gasteiger charge is -2.05. The lowest BCUT2D eigenvalue weighted by atomic mass is 10.4. The summed E-state index contributed by atoms with van der Waals surface area (Å²) < 4.78 is 9.04. The van der Waals surface area contributed by atoms with Crippen LogP contribution in [0.1, 0.15) is 24.1 Å². The summed E-state index contributed by atoms with van der Waals surface area (Å²) in [6, 6.07) is 1.89. The highest BCUT2D eigenvalue weighted by Crippen LogP contribution is 2.22. The Morgan fingerprint density at radius 1 is 1.37 bits per heavy atom. The zero-order valence-electron chi connectivity index (χ0n) is 11.2. The van der Waals surface area contributed by atoms with Gasteiger partial charge in [-0.05, 0) is 20.8 Å². The maximum atomic E-state index is 5.99. The molecular formula is C12H16N6O. The minimum absolute atomic E-state index is 0.465. The van der Waals surface area contributed by atoms with E-state index in [4.69, 9.17) is 10.3 Å². The predicted molar refractivity (Wildman–Crippen MR) is 70.7 cm³/mol. The zero-order valence-corrected chi connectivity index (χ0v) is 11.2. The summed E-state index contributed by atoms with van der Waals surface area (Å²) in [7, 11) is 0. The van der Waals surface area contributed by atoms with Crippen molar-refractivity contribution in [1.82, 2.24) is 24.5 Å². The van der Waals surface area contributed by atoms with Crippen LogP contribution in [0.15, 0.2) is 10.6 Å². The first kappa shape index (κ1) is 11.8. The van der Waals surface area contributed by atoms with Gasteiger partial charge in [0.25, 0.3) is 0 Å². The third-order valence-corrected chi connectivity index (χ3v) is 3.12. The second-order valence-electron chi connectivity index (χ2n) is 4.56. The molecule has 0 aliphatic rings. The first-order chi connectivity index (χ1) is 9.10. The maximum absolute atomic E-state index is 5.99. The van der Waals surface area contributed by atoms with Gasteiger partial charge in [0.1, 0.15) is 5.52 Å². The van der Waals surface area contributed by atoms with Crippen molar-refractivity contribution in [3.05, 3.63) is 23.2 Å². The van der Waals surface area contributed by atoms with Crippen LogP contribution in [-0.4, -0.2) is 24.5 Å². The second-order valence-corrected chi connectivity index (χ2v) is 4.56. The first-order valence-corrected chi connectivity index (χ1v) is 6.21. The van der Waals surface area contributed by atoms with Crippen molar-refractivity contribution in [2.24, 2.45) is 0 Å². The number of aromatic nitrogens is 5. The summed E-state index contributed by atoms with van der Waals surface area (Å²) in [5.41, 5.74) is 9.50. The fourth-order valence-corrected chi connectivity index (χ4v) is 2.26. The zero-order chi connectivity index (χ0) is 13.6. The fraction of sp³-hybridized carbons (Fsp3) is 0.417. The van der Waals surface area contributed by atoms with E-state index in [2.05, 4.69) is 15.2 Å². The molecule has 0 aliphatic heterocycles. The molecule has 0 radical (unpaired) electrons. The van der Waals surface area contributed by atoms with Crippen molar-refractivity contribution in [2.75, 3.05) is 5.73 Å². The summed E-state index contributed by atoms with van der Waals surface area (Å²) in [5, 5.41) is 8.33. The van der Waals surface area contributed by atoms with E-state index >= 15 is 0 Å². The van der Waals surface area contributed by atoms with Gasteiger partial charge in [-0.1, -0.05) is 5.16 Å². The van der Waals surface area contributed by atoms with Gasteiger partial charge in [-0.15, -0.1) is 0 Å². The molecule has 19 heavy (non-hydrogen) atoms. The number of rotatable bonds is 3. The third-order valence-electron chi connectivity index (χ3n) is 3.12. The number of nitrogen functional groups attached to an aromatic ring is 1. The van der Waals surface area contributed by atoms with Gasteiger partial charge < -0.3 is 10.3 Å². The number of hydrogen-bond acceptors (Lipinski definition) is 5. The van der Waals surface area contributed by atoms with E-state index < -0.39 is 0 Å². The van der Waals surface area contributed by atoms with Crippen molar-refractivity contribution in [3.8, 4) is 0 Å². The highest BCUT2D eigenvalue weighted by atomic mass is 16.5. The molecule has 100 valence electrons. The molecule has 0 saturated carbocycles. The first-order valence-electron chi connectivity index (χ1n) is 6.21. The summed E-state index contributed by atoms with van der Waals surface area (Å²) in [6.07, 6.45) is 0. The average Bonchev–Trinajstić information content (AvgIpc) is 3.00. The Morgan fingerprint density at radius 3 is 2.79 bits per heavy atom. The van der Waals surface area contributed by atoms with E-state index in [1.807, 2.05) is 36.1 Å². The standard InChI is InChI=1S/C12H16N6O/c1-4-18-11-10(8(3)15-18)14-12(13)17(11)6-9-5-7(2)16-19-9/h5H,4,6H2,1-3H3,(H2,13,14). The Balaban J connectivity index is 2.14. The average molecular weight is 260 g/mol. The van der Waals surface area contributed by atoms with E-state index in [1.165, 1.54) is 0 Å². The summed E-state index contributed by atoms with van der Waals surface area (Å²) in [6.45, 7) is 7.14. The van der Waals surface area contributed by atoms with E-state index in [0.717, 1.165) is 34.9 Å². The predicted octanol–water partition coefficient (Wildman–Crippen LogP) is 1.49. The van der Waals surface area contributed by atoms with Crippen LogP contribution in [0.2, 0.25) is 0 Å². The molecule has 0 bridgehead atoms. The second kappa shape index (κ2) is 4.11. The van der Waals surface area contributed by atoms with E-state index in [1.54, 1.807) is 0 Å². The smallest absolute Gasteiger partial charge is 0.202 e. The molecule has 0 fully saturated rings. The van der Waals surface area contributed by atoms with Crippen LogP contribution < -0.4 is 5.73 Å². The Kier molecular flexibility index (Phi) is 2.55. The Hall–Kier alpha value is -2.31. The molecule has 3 rings (SSSR count). The Labute approximate surface area is 110 Å². The number of hydrogen-bond donors (Lipinski definition) is 1. The molecule has 2 N–H and O–H groups in total. The summed E-state index contributed by atoms with van der Waals surface area (Å²) in [5.74, 6) is 1.22. The van der Waals surface area contributed by atoms with Crippen molar-refractivity contribution in [3.63, 3.8) is 0 Å². The molecule has 3 aromatic heterocycles. The molecule has 0 amide bonds. The molecule has 3 aromatic rings. The van der Waals surface area contributed by atoms with Crippen LogP contribution in [0.4, 0.5) is 5.95 Å². The normalized spacial score (nSPS) is 11.5. The third kappa shape index (κ3) is 1.78. The number of nitrogens with two attached hydrogens (primary N) is 1. The van der Waals surface area contributed by atoms with Crippen molar-refractivity contribution >= 4 is 17.1 Å². The van der Waals surface area contributed by atoms with Gasteiger partial charge in [-0.2, -0.15) is 5.10 Å². The molecule has 0 atom stereocenters. The lowest BCUT2D eigenvalue weighted by Crippen LogP contribution is -2.08. The van der Waals surface area contributed by atoms with Crippen LogP contribution in [0.3, 0.4) is 0 Å². The molecule has 0 saturated heterocycles. The quantitative estimate of drug-likeness (QED) is 0.770. The largest absolute Gasteiger partial charge is 0.369 e.